The number of fused-ring (bicyclic) bond motifs is 2. The molecule has 2 aromatic heterocycles. The van der Waals surface area contributed by atoms with Crippen molar-refractivity contribution in [2.24, 2.45) is 0 Å². The van der Waals surface area contributed by atoms with E-state index in [1.165, 1.54) is 22.3 Å². The van der Waals surface area contributed by atoms with Crippen LogP contribution in [0.2, 0.25) is 5.02 Å². The molecule has 37 heavy (non-hydrogen) atoms. The van der Waals surface area contributed by atoms with Crippen molar-refractivity contribution in [3.05, 3.63) is 105 Å². The number of pyridine rings is 1. The average Bonchev–Trinajstić information content (AvgIpc) is 3.24. The number of aryl methyl sites for hydroxylation is 1. The first-order valence-corrected chi connectivity index (χ1v) is 13.5. The van der Waals surface area contributed by atoms with Crippen LogP contribution in [0, 0.1) is 0 Å². The summed E-state index contributed by atoms with van der Waals surface area (Å²) in [4.78, 5) is 20.3. The molecular formula is C31H35ClN4O. The molecule has 4 aromatic rings. The molecule has 0 unspecified atom stereocenters. The number of amides is 1. The van der Waals surface area contributed by atoms with Gasteiger partial charge in [0.2, 0.25) is 0 Å². The van der Waals surface area contributed by atoms with E-state index in [1.54, 1.807) is 16.7 Å². The standard InChI is InChI=1S/C31H35ClN4O/c1-5-27-29(36-20-26(32)12-13-28(36)34-27)30(37)33-17-22-6-9-23-14-15-35(19-24(23)16-22)18-21-7-10-25(11-8-21)31(2,3)4/h6-13,16,20H,5,14-15,17-19H2,1-4H3,(H,33,37). The van der Waals surface area contributed by atoms with Crippen molar-refractivity contribution in [2.45, 2.75) is 65.6 Å². The van der Waals surface area contributed by atoms with Crippen LogP contribution < -0.4 is 5.32 Å². The van der Waals surface area contributed by atoms with Gasteiger partial charge in [0.05, 0.1) is 10.7 Å². The fraction of sp³-hybridized carbons (Fsp3) is 0.355. The van der Waals surface area contributed by atoms with Crippen molar-refractivity contribution >= 4 is 23.2 Å². The van der Waals surface area contributed by atoms with E-state index in [1.807, 2.05) is 13.0 Å². The summed E-state index contributed by atoms with van der Waals surface area (Å²) in [5.74, 6) is -0.135. The summed E-state index contributed by atoms with van der Waals surface area (Å²) < 4.78 is 1.79. The number of hydrogen-bond acceptors (Lipinski definition) is 3. The maximum absolute atomic E-state index is 13.2. The van der Waals surface area contributed by atoms with Crippen LogP contribution in [-0.4, -0.2) is 26.7 Å². The Hall–Kier alpha value is -3.15. The van der Waals surface area contributed by atoms with Gasteiger partial charge in [-0.1, -0.05) is 81.8 Å². The minimum Gasteiger partial charge on any atom is -0.347 e. The van der Waals surface area contributed by atoms with Crippen LogP contribution in [0.5, 0.6) is 0 Å². The third-order valence-electron chi connectivity index (χ3n) is 7.25. The Kier molecular flexibility index (Phi) is 7.11. The molecule has 0 bridgehead atoms. The Morgan fingerprint density at radius 2 is 1.78 bits per heavy atom. The molecule has 0 aliphatic carbocycles. The largest absolute Gasteiger partial charge is 0.347 e. The van der Waals surface area contributed by atoms with Crippen molar-refractivity contribution in [2.75, 3.05) is 6.54 Å². The van der Waals surface area contributed by atoms with E-state index in [9.17, 15) is 4.79 Å². The first kappa shape index (κ1) is 25.5. The van der Waals surface area contributed by atoms with E-state index in [2.05, 4.69) is 78.4 Å². The van der Waals surface area contributed by atoms with Gasteiger partial charge in [-0.05, 0) is 58.2 Å². The Balaban J connectivity index is 1.26. The zero-order chi connectivity index (χ0) is 26.2. The molecule has 0 radical (unpaired) electrons. The van der Waals surface area contributed by atoms with Crippen LogP contribution in [0.1, 0.15) is 71.7 Å². The fourth-order valence-electron chi connectivity index (χ4n) is 5.10. The molecule has 1 aliphatic rings. The van der Waals surface area contributed by atoms with Gasteiger partial charge in [-0.3, -0.25) is 14.1 Å². The summed E-state index contributed by atoms with van der Waals surface area (Å²) in [6, 6.07) is 19.3. The van der Waals surface area contributed by atoms with Crippen LogP contribution in [-0.2, 0) is 37.9 Å². The van der Waals surface area contributed by atoms with Crippen LogP contribution in [0.15, 0.2) is 60.8 Å². The van der Waals surface area contributed by atoms with Gasteiger partial charge in [0.1, 0.15) is 11.3 Å². The molecule has 0 saturated heterocycles. The Labute approximate surface area is 224 Å². The highest BCUT2D eigenvalue weighted by Gasteiger charge is 2.20. The number of halogens is 1. The van der Waals surface area contributed by atoms with E-state index in [4.69, 9.17) is 11.6 Å². The zero-order valence-corrected chi connectivity index (χ0v) is 22.9. The lowest BCUT2D eigenvalue weighted by Crippen LogP contribution is -2.30. The van der Waals surface area contributed by atoms with Crippen molar-refractivity contribution in [3.63, 3.8) is 0 Å². The number of hydrogen-bond donors (Lipinski definition) is 1. The lowest BCUT2D eigenvalue weighted by molar-refractivity contribution is 0.0944. The number of nitrogens with zero attached hydrogens (tertiary/aromatic N) is 3. The first-order valence-electron chi connectivity index (χ1n) is 13.1. The molecule has 5 rings (SSSR count). The number of rotatable bonds is 6. The van der Waals surface area contributed by atoms with Crippen molar-refractivity contribution in [1.29, 1.82) is 0 Å². The molecule has 3 heterocycles. The number of carbonyl (C=O) groups excluding carboxylic acids is 1. The first-order chi connectivity index (χ1) is 17.7. The van der Waals surface area contributed by atoms with Crippen molar-refractivity contribution in [3.8, 4) is 0 Å². The molecule has 1 amide bonds. The quantitative estimate of drug-likeness (QED) is 0.327. The summed E-state index contributed by atoms with van der Waals surface area (Å²) in [6.07, 6.45) is 3.47. The van der Waals surface area contributed by atoms with E-state index in [0.29, 0.717) is 23.7 Å². The topological polar surface area (TPSA) is 49.6 Å². The molecular weight excluding hydrogens is 480 g/mol. The number of imidazole rings is 1. The predicted molar refractivity (Wildman–Crippen MR) is 150 cm³/mol. The van der Waals surface area contributed by atoms with Crippen molar-refractivity contribution in [1.82, 2.24) is 19.6 Å². The Bertz CT molecular complexity index is 1430. The highest BCUT2D eigenvalue weighted by molar-refractivity contribution is 6.30. The van der Waals surface area contributed by atoms with Crippen LogP contribution >= 0.6 is 11.6 Å². The maximum Gasteiger partial charge on any atom is 0.270 e. The summed E-state index contributed by atoms with van der Waals surface area (Å²) in [5.41, 5.74) is 8.80. The minimum atomic E-state index is -0.135. The van der Waals surface area contributed by atoms with Crippen LogP contribution in [0.3, 0.4) is 0 Å². The summed E-state index contributed by atoms with van der Waals surface area (Å²) in [5, 5.41) is 3.68. The number of carbonyl (C=O) groups is 1. The van der Waals surface area contributed by atoms with Gasteiger partial charge in [-0.15, -0.1) is 0 Å². The molecule has 2 aromatic carbocycles. The smallest absolute Gasteiger partial charge is 0.270 e. The predicted octanol–water partition coefficient (Wildman–Crippen LogP) is 6.34. The Morgan fingerprint density at radius 1 is 1.03 bits per heavy atom. The Morgan fingerprint density at radius 3 is 2.51 bits per heavy atom. The lowest BCUT2D eigenvalue weighted by Gasteiger charge is -2.29. The molecule has 0 saturated carbocycles. The third-order valence-corrected chi connectivity index (χ3v) is 7.47. The normalized spacial score (nSPS) is 14.1. The zero-order valence-electron chi connectivity index (χ0n) is 22.1. The number of aromatic nitrogens is 2. The minimum absolute atomic E-state index is 0.135. The third kappa shape index (κ3) is 5.58. The van der Waals surface area contributed by atoms with Gasteiger partial charge in [-0.2, -0.15) is 0 Å². The molecule has 0 spiro atoms. The van der Waals surface area contributed by atoms with Gasteiger partial charge in [0.15, 0.2) is 0 Å². The fourth-order valence-corrected chi connectivity index (χ4v) is 5.26. The SMILES string of the molecule is CCc1nc2ccc(Cl)cn2c1C(=O)NCc1ccc2c(c1)CN(Cc1ccc(C(C)(C)C)cc1)CC2. The molecule has 0 fully saturated rings. The molecule has 6 heteroatoms. The molecule has 5 nitrogen and oxygen atoms in total. The second-order valence-electron chi connectivity index (χ2n) is 11.0. The van der Waals surface area contributed by atoms with E-state index in [-0.39, 0.29) is 11.3 Å². The number of benzene rings is 2. The van der Waals surface area contributed by atoms with Gasteiger partial charge in [0.25, 0.3) is 5.91 Å². The lowest BCUT2D eigenvalue weighted by atomic mass is 9.86. The van der Waals surface area contributed by atoms with Gasteiger partial charge in [0, 0.05) is 32.4 Å². The van der Waals surface area contributed by atoms with Gasteiger partial charge < -0.3 is 5.32 Å². The highest BCUT2D eigenvalue weighted by atomic mass is 35.5. The summed E-state index contributed by atoms with van der Waals surface area (Å²) in [7, 11) is 0. The monoisotopic (exact) mass is 514 g/mol. The van der Waals surface area contributed by atoms with E-state index < -0.39 is 0 Å². The molecule has 192 valence electrons. The van der Waals surface area contributed by atoms with Crippen molar-refractivity contribution < 1.29 is 4.79 Å². The van der Waals surface area contributed by atoms with E-state index >= 15 is 0 Å². The molecule has 0 atom stereocenters. The average molecular weight is 515 g/mol. The number of nitrogens with one attached hydrogen (secondary N) is 1. The summed E-state index contributed by atoms with van der Waals surface area (Å²) in [6.45, 7) is 12.1. The van der Waals surface area contributed by atoms with Crippen LogP contribution in [0.25, 0.3) is 5.65 Å². The molecule has 1 aliphatic heterocycles. The van der Waals surface area contributed by atoms with Gasteiger partial charge >= 0.3 is 0 Å². The second-order valence-corrected chi connectivity index (χ2v) is 11.5. The molecule has 1 N–H and O–H groups in total. The maximum atomic E-state index is 13.2. The second kappa shape index (κ2) is 10.3. The van der Waals surface area contributed by atoms with Crippen LogP contribution in [0.4, 0.5) is 0 Å². The van der Waals surface area contributed by atoms with Gasteiger partial charge in [-0.25, -0.2) is 4.98 Å². The van der Waals surface area contributed by atoms with E-state index in [0.717, 1.165) is 43.0 Å². The highest BCUT2D eigenvalue weighted by Crippen LogP contribution is 2.25. The summed E-state index contributed by atoms with van der Waals surface area (Å²) >= 11 is 6.19.